The van der Waals surface area contributed by atoms with Gasteiger partial charge in [-0.25, -0.2) is 0 Å². The Bertz CT molecular complexity index is 403. The van der Waals surface area contributed by atoms with Crippen LogP contribution in [-0.4, -0.2) is 12.6 Å². The second-order valence-electron chi connectivity index (χ2n) is 5.03. The third-order valence-electron chi connectivity index (χ3n) is 3.01. The predicted molar refractivity (Wildman–Crippen MR) is 74.6 cm³/mol. The molecule has 1 N–H and O–H groups in total. The molecule has 3 heteroatoms. The summed E-state index contributed by atoms with van der Waals surface area (Å²) in [6.07, 6.45) is 2.24. The molecule has 0 amide bonds. The summed E-state index contributed by atoms with van der Waals surface area (Å²) >= 11 is 3.61. The first-order chi connectivity index (χ1) is 8.08. The molecular formula is C14H20BrNO. The lowest BCUT2D eigenvalue weighted by atomic mass is 9.99. The first kappa shape index (κ1) is 12.9. The zero-order chi connectivity index (χ0) is 12.4. The third kappa shape index (κ3) is 3.02. The molecule has 0 radical (unpaired) electrons. The van der Waals surface area contributed by atoms with Crippen molar-refractivity contribution >= 4 is 15.9 Å². The normalized spacial score (nSPS) is 19.7. The van der Waals surface area contributed by atoms with Crippen LogP contribution in [0.25, 0.3) is 0 Å². The lowest BCUT2D eigenvalue weighted by Gasteiger charge is -2.22. The number of nitrogens with one attached hydrogen (secondary N) is 1. The second kappa shape index (κ2) is 5.40. The van der Waals surface area contributed by atoms with Gasteiger partial charge in [-0.15, -0.1) is 0 Å². The molecule has 0 aromatic heterocycles. The highest BCUT2D eigenvalue weighted by Gasteiger charge is 2.22. The molecule has 1 unspecified atom stereocenters. The number of benzene rings is 1. The number of rotatable bonds is 2. The Morgan fingerprint density at radius 2 is 2.18 bits per heavy atom. The van der Waals surface area contributed by atoms with Crippen molar-refractivity contribution < 1.29 is 4.74 Å². The van der Waals surface area contributed by atoms with Crippen LogP contribution in [-0.2, 0) is 0 Å². The Labute approximate surface area is 112 Å². The Morgan fingerprint density at radius 3 is 2.88 bits per heavy atom. The number of aryl methyl sites for hydroxylation is 1. The number of ether oxygens (including phenoxy) is 1. The molecule has 0 fully saturated rings. The molecule has 17 heavy (non-hydrogen) atoms. The van der Waals surface area contributed by atoms with Gasteiger partial charge in [-0.1, -0.05) is 19.9 Å². The molecule has 0 bridgehead atoms. The highest BCUT2D eigenvalue weighted by Crippen LogP contribution is 2.38. The molecule has 1 aromatic rings. The molecule has 1 atom stereocenters. The van der Waals surface area contributed by atoms with Gasteiger partial charge in [0, 0.05) is 17.6 Å². The minimum absolute atomic E-state index is 0.406. The van der Waals surface area contributed by atoms with Crippen LogP contribution in [0.15, 0.2) is 16.6 Å². The van der Waals surface area contributed by atoms with Gasteiger partial charge in [0.15, 0.2) is 0 Å². The summed E-state index contributed by atoms with van der Waals surface area (Å²) < 4.78 is 6.93. The van der Waals surface area contributed by atoms with Gasteiger partial charge in [0.2, 0.25) is 0 Å². The monoisotopic (exact) mass is 297 g/mol. The summed E-state index contributed by atoms with van der Waals surface area (Å²) in [7, 11) is 0. The maximum atomic E-state index is 5.86. The van der Waals surface area contributed by atoms with Crippen molar-refractivity contribution in [2.75, 3.05) is 6.61 Å². The third-order valence-corrected chi connectivity index (χ3v) is 3.60. The molecule has 0 saturated carbocycles. The number of halogens is 1. The van der Waals surface area contributed by atoms with E-state index in [-0.39, 0.29) is 0 Å². The average molecular weight is 298 g/mol. The molecule has 2 rings (SSSR count). The lowest BCUT2D eigenvalue weighted by molar-refractivity contribution is 0.313. The largest absolute Gasteiger partial charge is 0.492 e. The fraction of sp³-hybridized carbons (Fsp3) is 0.571. The van der Waals surface area contributed by atoms with E-state index in [1.807, 2.05) is 0 Å². The van der Waals surface area contributed by atoms with Crippen molar-refractivity contribution in [1.82, 2.24) is 5.32 Å². The molecule has 1 aromatic carbocycles. The van der Waals surface area contributed by atoms with Crippen molar-refractivity contribution in [2.24, 2.45) is 0 Å². The van der Waals surface area contributed by atoms with Gasteiger partial charge in [-0.05, 0) is 47.3 Å². The van der Waals surface area contributed by atoms with E-state index in [2.05, 4.69) is 54.2 Å². The summed E-state index contributed by atoms with van der Waals surface area (Å²) in [5, 5.41) is 3.63. The van der Waals surface area contributed by atoms with E-state index in [0.29, 0.717) is 12.1 Å². The molecule has 1 aliphatic rings. The maximum absolute atomic E-state index is 5.86. The van der Waals surface area contributed by atoms with Crippen LogP contribution in [0, 0.1) is 6.92 Å². The van der Waals surface area contributed by atoms with E-state index in [1.165, 1.54) is 11.1 Å². The summed E-state index contributed by atoms with van der Waals surface area (Å²) in [5.74, 6) is 1.02. The quantitative estimate of drug-likeness (QED) is 0.892. The fourth-order valence-corrected chi connectivity index (χ4v) is 3.06. The minimum Gasteiger partial charge on any atom is -0.492 e. The Hall–Kier alpha value is -0.540. The SMILES string of the molecule is Cc1cc(Br)c2c(c1)C(NC(C)C)CCCO2. The number of fused-ring (bicyclic) bond motifs is 1. The zero-order valence-corrected chi connectivity index (χ0v) is 12.3. The summed E-state index contributed by atoms with van der Waals surface area (Å²) in [6, 6.07) is 5.26. The molecular weight excluding hydrogens is 278 g/mol. The topological polar surface area (TPSA) is 21.3 Å². The molecule has 0 spiro atoms. The van der Waals surface area contributed by atoms with Gasteiger partial charge in [0.25, 0.3) is 0 Å². The van der Waals surface area contributed by atoms with Gasteiger partial charge in [0.1, 0.15) is 5.75 Å². The van der Waals surface area contributed by atoms with Gasteiger partial charge in [-0.3, -0.25) is 0 Å². The Balaban J connectivity index is 2.40. The van der Waals surface area contributed by atoms with Crippen LogP contribution in [0.3, 0.4) is 0 Å². The van der Waals surface area contributed by atoms with Gasteiger partial charge >= 0.3 is 0 Å². The average Bonchev–Trinajstić information content (AvgIpc) is 2.41. The van der Waals surface area contributed by atoms with Crippen molar-refractivity contribution in [3.8, 4) is 5.75 Å². The zero-order valence-electron chi connectivity index (χ0n) is 10.7. The van der Waals surface area contributed by atoms with Crippen molar-refractivity contribution in [1.29, 1.82) is 0 Å². The second-order valence-corrected chi connectivity index (χ2v) is 5.88. The summed E-state index contributed by atoms with van der Waals surface area (Å²) in [4.78, 5) is 0. The maximum Gasteiger partial charge on any atom is 0.138 e. The molecule has 1 aliphatic heterocycles. The van der Waals surface area contributed by atoms with Gasteiger partial charge in [0.05, 0.1) is 11.1 Å². The van der Waals surface area contributed by atoms with Crippen LogP contribution in [0.2, 0.25) is 0 Å². The summed E-state index contributed by atoms with van der Waals surface area (Å²) in [6.45, 7) is 7.32. The Kier molecular flexibility index (Phi) is 4.10. The van der Waals surface area contributed by atoms with Crippen molar-refractivity contribution in [2.45, 2.75) is 45.7 Å². The lowest BCUT2D eigenvalue weighted by Crippen LogP contribution is -2.28. The fourth-order valence-electron chi connectivity index (χ4n) is 2.36. The smallest absolute Gasteiger partial charge is 0.138 e. The van der Waals surface area contributed by atoms with Crippen LogP contribution < -0.4 is 10.1 Å². The number of hydrogen-bond acceptors (Lipinski definition) is 2. The molecule has 1 heterocycles. The number of hydrogen-bond donors (Lipinski definition) is 1. The van der Waals surface area contributed by atoms with Crippen LogP contribution in [0.1, 0.15) is 43.9 Å². The molecule has 94 valence electrons. The molecule has 2 nitrogen and oxygen atoms in total. The van der Waals surface area contributed by atoms with E-state index in [4.69, 9.17) is 4.74 Å². The predicted octanol–water partition coefficient (Wildman–Crippen LogP) is 3.97. The standard InChI is InChI=1S/C14H20BrNO/c1-9(2)16-13-5-4-6-17-14-11(13)7-10(3)8-12(14)15/h7-9,13,16H,4-6H2,1-3H3. The van der Waals surface area contributed by atoms with E-state index < -0.39 is 0 Å². The van der Waals surface area contributed by atoms with Gasteiger partial charge in [-0.2, -0.15) is 0 Å². The Morgan fingerprint density at radius 1 is 1.41 bits per heavy atom. The van der Waals surface area contributed by atoms with Crippen LogP contribution >= 0.6 is 15.9 Å². The van der Waals surface area contributed by atoms with E-state index in [9.17, 15) is 0 Å². The highest BCUT2D eigenvalue weighted by molar-refractivity contribution is 9.10. The van der Waals surface area contributed by atoms with Crippen molar-refractivity contribution in [3.05, 3.63) is 27.7 Å². The van der Waals surface area contributed by atoms with E-state index in [0.717, 1.165) is 29.7 Å². The highest BCUT2D eigenvalue weighted by atomic mass is 79.9. The van der Waals surface area contributed by atoms with Crippen molar-refractivity contribution in [3.63, 3.8) is 0 Å². The first-order valence-corrected chi connectivity index (χ1v) is 7.06. The van der Waals surface area contributed by atoms with Crippen LogP contribution in [0.5, 0.6) is 5.75 Å². The van der Waals surface area contributed by atoms with E-state index in [1.54, 1.807) is 0 Å². The molecule has 0 aliphatic carbocycles. The molecule has 0 saturated heterocycles. The summed E-state index contributed by atoms with van der Waals surface area (Å²) in [5.41, 5.74) is 2.57. The van der Waals surface area contributed by atoms with E-state index >= 15 is 0 Å². The van der Waals surface area contributed by atoms with Crippen LogP contribution in [0.4, 0.5) is 0 Å². The van der Waals surface area contributed by atoms with Gasteiger partial charge < -0.3 is 10.1 Å². The first-order valence-electron chi connectivity index (χ1n) is 6.27. The minimum atomic E-state index is 0.406.